The van der Waals surface area contributed by atoms with Gasteiger partial charge < -0.3 is 5.11 Å². The number of nitrogens with zero attached hydrogens (tertiary/aromatic N) is 1. The van der Waals surface area contributed by atoms with Crippen molar-refractivity contribution in [1.29, 1.82) is 0 Å². The van der Waals surface area contributed by atoms with Crippen LogP contribution in [0.4, 0.5) is 0 Å². The average Bonchev–Trinajstić information content (AvgIpc) is 2.43. The molecule has 0 radical (unpaired) electrons. The van der Waals surface area contributed by atoms with Gasteiger partial charge in [0, 0.05) is 17.8 Å². The van der Waals surface area contributed by atoms with Crippen LogP contribution >= 0.6 is 17.0 Å². The van der Waals surface area contributed by atoms with Crippen molar-refractivity contribution in [3.05, 3.63) is 29.3 Å². The quantitative estimate of drug-likeness (QED) is 0.734. The van der Waals surface area contributed by atoms with Gasteiger partial charge in [-0.1, -0.05) is 31.4 Å². The van der Waals surface area contributed by atoms with E-state index in [1.54, 1.807) is 0 Å². The Morgan fingerprint density at radius 1 is 1.26 bits per heavy atom. The molecule has 0 unspecified atom stereocenters. The van der Waals surface area contributed by atoms with Crippen molar-refractivity contribution >= 4 is 23.2 Å². The molecule has 1 fully saturated rings. The minimum absolute atomic E-state index is 0.363. The van der Waals surface area contributed by atoms with Crippen LogP contribution in [-0.2, 0) is 20.8 Å². The predicted octanol–water partition coefficient (Wildman–Crippen LogP) is 4.83. The van der Waals surface area contributed by atoms with Gasteiger partial charge in [0.05, 0.1) is 0 Å². The fourth-order valence-corrected chi connectivity index (χ4v) is 2.20. The molecule has 19 heavy (non-hydrogen) atoms. The van der Waals surface area contributed by atoms with Crippen molar-refractivity contribution in [2.75, 3.05) is 0 Å². The molecule has 1 aliphatic carbocycles. The first-order chi connectivity index (χ1) is 9.19. The van der Waals surface area contributed by atoms with Crippen LogP contribution in [0.5, 0.6) is 5.75 Å². The number of hydrogen-bond donors (Lipinski definition) is 1. The second-order valence-corrected chi connectivity index (χ2v) is 8.39. The Bertz CT molecular complexity index is 406. The van der Waals surface area contributed by atoms with E-state index in [0.29, 0.717) is 11.8 Å². The molecule has 0 spiro atoms. The second-order valence-electron chi connectivity index (χ2n) is 4.65. The fourth-order valence-electron chi connectivity index (χ4n) is 2.20. The maximum atomic E-state index is 9.84. The summed E-state index contributed by atoms with van der Waals surface area (Å²) in [6.07, 6.45) is 8.16. The summed E-state index contributed by atoms with van der Waals surface area (Å²) in [6, 6.07) is 6.24. The molecule has 0 heterocycles. The van der Waals surface area contributed by atoms with E-state index in [-0.39, 0.29) is 0 Å². The molecule has 1 aromatic rings. The number of aromatic hydroxyl groups is 1. The van der Waals surface area contributed by atoms with Gasteiger partial charge in [0.2, 0.25) is 0 Å². The van der Waals surface area contributed by atoms with Gasteiger partial charge in [-0.15, -0.1) is 0 Å². The molecule has 0 saturated heterocycles. The van der Waals surface area contributed by atoms with Crippen molar-refractivity contribution in [1.82, 2.24) is 0 Å². The molecule has 1 N–H and O–H groups in total. The maximum absolute atomic E-state index is 9.84. The summed E-state index contributed by atoms with van der Waals surface area (Å²) in [6.45, 7) is 1.91. The minimum atomic E-state index is -0.826. The predicted molar refractivity (Wildman–Crippen MR) is 79.0 cm³/mol. The fraction of sp³-hybridized carbons (Fsp3) is 0.500. The van der Waals surface area contributed by atoms with Gasteiger partial charge in [-0.05, 0) is 31.4 Å². The van der Waals surface area contributed by atoms with Gasteiger partial charge in [0.25, 0.3) is 0 Å². The van der Waals surface area contributed by atoms with E-state index in [1.807, 2.05) is 31.3 Å². The van der Waals surface area contributed by atoms with Crippen LogP contribution in [0.3, 0.4) is 0 Å². The molecule has 0 bridgehead atoms. The van der Waals surface area contributed by atoms with E-state index < -0.39 is 20.8 Å². The molecule has 2 nitrogen and oxygen atoms in total. The number of phenolic OH excluding ortho intramolecular Hbond substituents is 1. The van der Waals surface area contributed by atoms with Crippen LogP contribution in [0.15, 0.2) is 23.2 Å². The summed E-state index contributed by atoms with van der Waals surface area (Å²) in [5.41, 5.74) is 1.75. The van der Waals surface area contributed by atoms with Crippen molar-refractivity contribution in [3.8, 4) is 5.75 Å². The van der Waals surface area contributed by atoms with Crippen LogP contribution in [-0.4, -0.2) is 17.4 Å². The molecule has 0 aromatic heterocycles. The van der Waals surface area contributed by atoms with Crippen molar-refractivity contribution in [2.24, 2.45) is 4.99 Å². The first-order valence-corrected chi connectivity index (χ1v) is 12.8. The molecular formula is C14H19Cl2NOZr. The number of aliphatic imine (C=N–C) groups is 1. The Morgan fingerprint density at radius 3 is 2.53 bits per heavy atom. The van der Waals surface area contributed by atoms with E-state index in [2.05, 4.69) is 4.99 Å². The number of hydrogen-bond acceptors (Lipinski definition) is 2. The van der Waals surface area contributed by atoms with Crippen molar-refractivity contribution in [3.63, 3.8) is 0 Å². The first-order valence-electron chi connectivity index (χ1n) is 6.47. The SMILES string of the molecule is Cc1cccc(C=NC2CCCCC2)c1O.[Cl][Zr][Cl]. The molecule has 0 aliphatic heterocycles. The van der Waals surface area contributed by atoms with Crippen LogP contribution in [0.25, 0.3) is 0 Å². The van der Waals surface area contributed by atoms with Gasteiger partial charge in [-0.25, -0.2) is 0 Å². The van der Waals surface area contributed by atoms with Crippen molar-refractivity contribution < 1.29 is 26.0 Å². The Balaban J connectivity index is 0.000000550. The van der Waals surface area contributed by atoms with Crippen LogP contribution < -0.4 is 0 Å². The monoisotopic (exact) mass is 377 g/mol. The van der Waals surface area contributed by atoms with Gasteiger partial charge in [0.15, 0.2) is 0 Å². The summed E-state index contributed by atoms with van der Waals surface area (Å²) in [4.78, 5) is 4.57. The zero-order chi connectivity index (χ0) is 14.1. The summed E-state index contributed by atoms with van der Waals surface area (Å²) in [7, 11) is 9.87. The van der Waals surface area contributed by atoms with E-state index in [4.69, 9.17) is 17.0 Å². The molecule has 104 valence electrons. The van der Waals surface area contributed by atoms with Crippen molar-refractivity contribution in [2.45, 2.75) is 45.1 Å². The summed E-state index contributed by atoms with van der Waals surface area (Å²) in [5.74, 6) is 0.363. The summed E-state index contributed by atoms with van der Waals surface area (Å²) < 4.78 is 0. The first kappa shape index (κ1) is 17.2. The normalized spacial score (nSPS) is 15.9. The molecule has 0 amide bonds. The average molecular weight is 379 g/mol. The third kappa shape index (κ3) is 6.42. The van der Waals surface area contributed by atoms with Gasteiger partial charge in [0.1, 0.15) is 5.75 Å². The Kier molecular flexibility index (Phi) is 9.02. The van der Waals surface area contributed by atoms with Crippen LogP contribution in [0.2, 0.25) is 0 Å². The number of phenols is 1. The van der Waals surface area contributed by atoms with E-state index in [1.165, 1.54) is 32.1 Å². The molecule has 1 aliphatic rings. The Morgan fingerprint density at radius 2 is 1.89 bits per heavy atom. The third-order valence-electron chi connectivity index (χ3n) is 3.27. The van der Waals surface area contributed by atoms with Gasteiger partial charge in [-0.2, -0.15) is 0 Å². The number of aryl methyl sites for hydroxylation is 1. The summed E-state index contributed by atoms with van der Waals surface area (Å²) >= 11 is -0.826. The number of para-hydroxylation sites is 1. The zero-order valence-electron chi connectivity index (χ0n) is 11.1. The molecule has 5 heteroatoms. The number of halogens is 2. The summed E-state index contributed by atoms with van der Waals surface area (Å²) in [5, 5.41) is 9.84. The molecule has 1 saturated carbocycles. The van der Waals surface area contributed by atoms with Crippen LogP contribution in [0, 0.1) is 6.92 Å². The van der Waals surface area contributed by atoms with E-state index in [9.17, 15) is 5.11 Å². The van der Waals surface area contributed by atoms with Gasteiger partial charge in [-0.3, -0.25) is 4.99 Å². The molecular weight excluding hydrogens is 360 g/mol. The zero-order valence-corrected chi connectivity index (χ0v) is 15.0. The Labute approximate surface area is 133 Å². The third-order valence-corrected chi connectivity index (χ3v) is 3.27. The molecule has 0 atom stereocenters. The Hall–Kier alpha value is 0.153. The van der Waals surface area contributed by atoms with Gasteiger partial charge >= 0.3 is 37.9 Å². The van der Waals surface area contributed by atoms with E-state index in [0.717, 1.165) is 11.1 Å². The van der Waals surface area contributed by atoms with Crippen LogP contribution in [0.1, 0.15) is 43.2 Å². The molecule has 2 rings (SSSR count). The molecule has 1 aromatic carbocycles. The topological polar surface area (TPSA) is 32.6 Å². The number of benzene rings is 1. The standard InChI is InChI=1S/C14H19NO.2ClH.Zr/c1-11-6-5-7-12(14(11)16)10-15-13-8-3-2-4-9-13;;;/h5-7,10,13,16H,2-4,8-9H2,1H3;2*1H;/q;;;+2/p-2. The van der Waals surface area contributed by atoms with E-state index >= 15 is 0 Å². The second kappa shape index (κ2) is 9.96. The number of rotatable bonds is 2.